The van der Waals surface area contributed by atoms with Crippen LogP contribution in [0.25, 0.3) is 0 Å². The smallest absolute Gasteiger partial charge is 0.248 e. The first-order chi connectivity index (χ1) is 9.57. The van der Waals surface area contributed by atoms with Crippen LogP contribution < -0.4 is 5.32 Å². The second-order valence-corrected chi connectivity index (χ2v) is 6.29. The summed E-state index contributed by atoms with van der Waals surface area (Å²) >= 11 is 0. The van der Waals surface area contributed by atoms with Crippen molar-refractivity contribution < 1.29 is 9.59 Å². The van der Waals surface area contributed by atoms with E-state index in [0.717, 1.165) is 18.9 Å². The fraction of sp³-hybridized carbons (Fsp3) is 0.875. The zero-order valence-electron chi connectivity index (χ0n) is 13.1. The minimum Gasteiger partial charge on any atom is -0.340 e. The fourth-order valence-corrected chi connectivity index (χ4v) is 3.43. The molecule has 1 N–H and O–H groups in total. The van der Waals surface area contributed by atoms with Crippen LogP contribution in [-0.2, 0) is 9.59 Å². The van der Waals surface area contributed by atoms with Crippen LogP contribution >= 0.6 is 0 Å². The average molecular weight is 280 g/mol. The fourth-order valence-electron chi connectivity index (χ4n) is 3.43. The number of nitrogens with zero attached hydrogens (tertiary/aromatic N) is 1. The number of nitrogens with one attached hydrogen (secondary N) is 1. The summed E-state index contributed by atoms with van der Waals surface area (Å²) in [7, 11) is 0. The topological polar surface area (TPSA) is 49.4 Å². The Kier molecular flexibility index (Phi) is 4.71. The molecule has 0 spiro atoms. The molecule has 0 aromatic carbocycles. The summed E-state index contributed by atoms with van der Waals surface area (Å²) in [5.41, 5.74) is -0.664. The summed E-state index contributed by atoms with van der Waals surface area (Å²) in [6.07, 6.45) is 7.00. The monoisotopic (exact) mass is 280 g/mol. The molecule has 1 aliphatic heterocycles. The van der Waals surface area contributed by atoms with Crippen LogP contribution in [0.5, 0.6) is 0 Å². The van der Waals surface area contributed by atoms with Gasteiger partial charge in [0.25, 0.3) is 0 Å². The first-order valence-corrected chi connectivity index (χ1v) is 8.21. The Morgan fingerprint density at radius 3 is 2.30 bits per heavy atom. The highest BCUT2D eigenvalue weighted by Gasteiger charge is 2.48. The molecule has 2 aliphatic rings. The minimum absolute atomic E-state index is 0.0319. The van der Waals surface area contributed by atoms with Gasteiger partial charge in [0, 0.05) is 6.54 Å². The van der Waals surface area contributed by atoms with Crippen molar-refractivity contribution in [1.29, 1.82) is 0 Å². The van der Waals surface area contributed by atoms with E-state index in [-0.39, 0.29) is 17.9 Å². The standard InChI is InChI=1S/C16H28N2O2/c1-4-13-14(19)17-16(5-2,6-3)15(20)18(13)11-10-12-8-7-9-12/h12-13H,4-11H2,1-3H3,(H,17,19). The van der Waals surface area contributed by atoms with Gasteiger partial charge in [0.05, 0.1) is 0 Å². The van der Waals surface area contributed by atoms with Crippen LogP contribution in [0.2, 0.25) is 0 Å². The van der Waals surface area contributed by atoms with Gasteiger partial charge in [-0.1, -0.05) is 40.0 Å². The van der Waals surface area contributed by atoms with Crippen molar-refractivity contribution in [3.8, 4) is 0 Å². The summed E-state index contributed by atoms with van der Waals surface area (Å²) in [6.45, 7) is 6.70. The Bertz CT molecular complexity index is 373. The van der Waals surface area contributed by atoms with Crippen LogP contribution in [0.4, 0.5) is 0 Å². The zero-order chi connectivity index (χ0) is 14.8. The third-order valence-corrected chi connectivity index (χ3v) is 5.31. The molecule has 2 amide bonds. The molecule has 1 aliphatic carbocycles. The molecular formula is C16H28N2O2. The number of carbonyl (C=O) groups is 2. The molecule has 4 heteroatoms. The van der Waals surface area contributed by atoms with E-state index in [4.69, 9.17) is 0 Å². The molecule has 2 rings (SSSR count). The highest BCUT2D eigenvalue weighted by atomic mass is 16.2. The molecule has 1 saturated carbocycles. The number of carbonyl (C=O) groups excluding carboxylic acids is 2. The Hall–Kier alpha value is -1.06. The molecule has 0 aromatic heterocycles. The normalized spacial score (nSPS) is 26.4. The van der Waals surface area contributed by atoms with Gasteiger partial charge < -0.3 is 10.2 Å². The van der Waals surface area contributed by atoms with Gasteiger partial charge >= 0.3 is 0 Å². The van der Waals surface area contributed by atoms with Crippen LogP contribution in [0, 0.1) is 5.92 Å². The van der Waals surface area contributed by atoms with Gasteiger partial charge in [0.15, 0.2) is 0 Å². The highest BCUT2D eigenvalue weighted by molar-refractivity contribution is 5.99. The van der Waals surface area contributed by atoms with Crippen molar-refractivity contribution >= 4 is 11.8 Å². The van der Waals surface area contributed by atoms with Gasteiger partial charge in [-0.15, -0.1) is 0 Å². The summed E-state index contributed by atoms with van der Waals surface area (Å²) in [5, 5.41) is 3.00. The quantitative estimate of drug-likeness (QED) is 0.812. The molecule has 1 heterocycles. The van der Waals surface area contributed by atoms with Crippen molar-refractivity contribution in [3.63, 3.8) is 0 Å². The summed E-state index contributed by atoms with van der Waals surface area (Å²) < 4.78 is 0. The molecule has 1 atom stereocenters. The van der Waals surface area contributed by atoms with Crippen LogP contribution in [0.15, 0.2) is 0 Å². The van der Waals surface area contributed by atoms with E-state index in [9.17, 15) is 9.59 Å². The molecule has 1 unspecified atom stereocenters. The van der Waals surface area contributed by atoms with E-state index in [0.29, 0.717) is 19.3 Å². The van der Waals surface area contributed by atoms with E-state index in [1.165, 1.54) is 19.3 Å². The van der Waals surface area contributed by atoms with E-state index in [1.807, 2.05) is 25.7 Å². The Morgan fingerprint density at radius 2 is 1.85 bits per heavy atom. The van der Waals surface area contributed by atoms with Crippen molar-refractivity contribution in [2.24, 2.45) is 5.92 Å². The second kappa shape index (κ2) is 6.15. The lowest BCUT2D eigenvalue weighted by Crippen LogP contribution is -2.70. The molecule has 20 heavy (non-hydrogen) atoms. The predicted octanol–water partition coefficient (Wildman–Crippen LogP) is 2.47. The summed E-state index contributed by atoms with van der Waals surface area (Å²) in [4.78, 5) is 27.1. The molecule has 1 saturated heterocycles. The van der Waals surface area contributed by atoms with Gasteiger partial charge in [0.1, 0.15) is 11.6 Å². The maximum Gasteiger partial charge on any atom is 0.248 e. The van der Waals surface area contributed by atoms with Gasteiger partial charge in [0.2, 0.25) is 11.8 Å². The van der Waals surface area contributed by atoms with Crippen molar-refractivity contribution in [1.82, 2.24) is 10.2 Å². The lowest BCUT2D eigenvalue weighted by molar-refractivity contribution is -0.156. The van der Waals surface area contributed by atoms with E-state index >= 15 is 0 Å². The maximum absolute atomic E-state index is 12.9. The largest absolute Gasteiger partial charge is 0.340 e. The molecule has 0 aromatic rings. The van der Waals surface area contributed by atoms with E-state index in [1.54, 1.807) is 0 Å². The van der Waals surface area contributed by atoms with Gasteiger partial charge in [-0.3, -0.25) is 9.59 Å². The summed E-state index contributed by atoms with van der Waals surface area (Å²) in [5.74, 6) is 0.931. The number of piperazine rings is 1. The molecule has 0 bridgehead atoms. The molecule has 0 radical (unpaired) electrons. The highest BCUT2D eigenvalue weighted by Crippen LogP contribution is 2.32. The molecule has 114 valence electrons. The third kappa shape index (κ3) is 2.57. The minimum atomic E-state index is -0.664. The molecule has 4 nitrogen and oxygen atoms in total. The SMILES string of the molecule is CCC1C(=O)NC(CC)(CC)C(=O)N1CCC1CCC1. The number of hydrogen-bond donors (Lipinski definition) is 1. The van der Waals surface area contributed by atoms with E-state index < -0.39 is 5.54 Å². The molecule has 2 fully saturated rings. The molecular weight excluding hydrogens is 252 g/mol. The Balaban J connectivity index is 2.13. The average Bonchev–Trinajstić information content (AvgIpc) is 2.40. The second-order valence-electron chi connectivity index (χ2n) is 6.29. The van der Waals surface area contributed by atoms with Crippen molar-refractivity contribution in [2.45, 2.75) is 77.3 Å². The Labute approximate surface area is 122 Å². The van der Waals surface area contributed by atoms with Crippen LogP contribution in [-0.4, -0.2) is 34.8 Å². The van der Waals surface area contributed by atoms with Crippen LogP contribution in [0.3, 0.4) is 0 Å². The number of hydrogen-bond acceptors (Lipinski definition) is 2. The van der Waals surface area contributed by atoms with Gasteiger partial charge in [-0.25, -0.2) is 0 Å². The van der Waals surface area contributed by atoms with Crippen molar-refractivity contribution in [2.75, 3.05) is 6.54 Å². The van der Waals surface area contributed by atoms with Crippen LogP contribution in [0.1, 0.15) is 65.7 Å². The maximum atomic E-state index is 12.9. The zero-order valence-corrected chi connectivity index (χ0v) is 13.1. The van der Waals surface area contributed by atoms with Gasteiger partial charge in [-0.2, -0.15) is 0 Å². The number of amides is 2. The summed E-state index contributed by atoms with van der Waals surface area (Å²) in [6, 6.07) is -0.270. The Morgan fingerprint density at radius 1 is 1.20 bits per heavy atom. The first kappa shape index (κ1) is 15.3. The predicted molar refractivity (Wildman–Crippen MR) is 79.2 cm³/mol. The lowest BCUT2D eigenvalue weighted by atomic mass is 9.82. The third-order valence-electron chi connectivity index (χ3n) is 5.31. The lowest BCUT2D eigenvalue weighted by Gasteiger charge is -2.46. The van der Waals surface area contributed by atoms with Crippen molar-refractivity contribution in [3.05, 3.63) is 0 Å². The van der Waals surface area contributed by atoms with E-state index in [2.05, 4.69) is 5.32 Å². The first-order valence-electron chi connectivity index (χ1n) is 8.21. The number of rotatable bonds is 6. The van der Waals surface area contributed by atoms with Gasteiger partial charge in [-0.05, 0) is 31.6 Å².